The quantitative estimate of drug-likeness (QED) is 0.847. The molecule has 0 aliphatic carbocycles. The van der Waals surface area contributed by atoms with Crippen LogP contribution in [-0.4, -0.2) is 45.7 Å². The normalized spacial score (nSPS) is 16.9. The number of piperidine rings is 1. The van der Waals surface area contributed by atoms with Crippen molar-refractivity contribution in [1.29, 1.82) is 0 Å². The van der Waals surface area contributed by atoms with Gasteiger partial charge < -0.3 is 15.5 Å². The van der Waals surface area contributed by atoms with Crippen LogP contribution < -0.4 is 10.6 Å². The Morgan fingerprint density at radius 3 is 2.75 bits per heavy atom. The van der Waals surface area contributed by atoms with E-state index in [0.29, 0.717) is 55.8 Å². The molecule has 0 bridgehead atoms. The van der Waals surface area contributed by atoms with E-state index >= 15 is 0 Å². The number of rotatable bonds is 3. The van der Waals surface area contributed by atoms with Crippen LogP contribution in [0.15, 0.2) is 36.8 Å². The Morgan fingerprint density at radius 2 is 2.00 bits per heavy atom. The summed E-state index contributed by atoms with van der Waals surface area (Å²) in [4.78, 5) is 46.6. The van der Waals surface area contributed by atoms with Crippen molar-refractivity contribution < 1.29 is 14.4 Å². The Morgan fingerprint density at radius 1 is 1.18 bits per heavy atom. The molecular weight excluding hydrogens is 358 g/mol. The maximum absolute atomic E-state index is 12.8. The third kappa shape index (κ3) is 3.85. The second-order valence-corrected chi connectivity index (χ2v) is 7.08. The van der Waals surface area contributed by atoms with Gasteiger partial charge in [-0.3, -0.25) is 19.4 Å². The summed E-state index contributed by atoms with van der Waals surface area (Å²) in [6.07, 6.45) is 7.01. The number of nitrogens with one attached hydrogen (secondary N) is 2. The molecule has 0 unspecified atom stereocenters. The molecule has 4 heterocycles. The number of amides is 3. The van der Waals surface area contributed by atoms with Crippen LogP contribution in [-0.2, 0) is 16.0 Å². The van der Waals surface area contributed by atoms with Crippen LogP contribution in [0.5, 0.6) is 0 Å². The summed E-state index contributed by atoms with van der Waals surface area (Å²) in [6, 6.07) is 5.38. The first-order chi connectivity index (χ1) is 13.6. The van der Waals surface area contributed by atoms with Crippen molar-refractivity contribution in [3.63, 3.8) is 0 Å². The van der Waals surface area contributed by atoms with Crippen molar-refractivity contribution in [2.24, 2.45) is 5.92 Å². The number of anilines is 2. The molecule has 0 aromatic carbocycles. The number of pyridine rings is 2. The van der Waals surface area contributed by atoms with Gasteiger partial charge in [0.25, 0.3) is 5.91 Å². The van der Waals surface area contributed by atoms with E-state index in [1.807, 2.05) is 6.07 Å². The maximum Gasteiger partial charge on any atom is 0.255 e. The van der Waals surface area contributed by atoms with Crippen LogP contribution in [0, 0.1) is 5.92 Å². The summed E-state index contributed by atoms with van der Waals surface area (Å²) >= 11 is 0. The fourth-order valence-electron chi connectivity index (χ4n) is 3.58. The van der Waals surface area contributed by atoms with Gasteiger partial charge in [0.05, 0.1) is 17.4 Å². The Balaban J connectivity index is 1.35. The van der Waals surface area contributed by atoms with Crippen molar-refractivity contribution in [2.45, 2.75) is 25.7 Å². The van der Waals surface area contributed by atoms with Crippen LogP contribution >= 0.6 is 0 Å². The lowest BCUT2D eigenvalue weighted by molar-refractivity contribution is -0.121. The fourth-order valence-corrected chi connectivity index (χ4v) is 3.58. The molecule has 0 radical (unpaired) electrons. The summed E-state index contributed by atoms with van der Waals surface area (Å²) in [6.45, 7) is 1.05. The molecule has 4 rings (SSSR count). The van der Waals surface area contributed by atoms with E-state index in [4.69, 9.17) is 0 Å². The van der Waals surface area contributed by atoms with Crippen LogP contribution in [0.4, 0.5) is 11.5 Å². The first-order valence-corrected chi connectivity index (χ1v) is 9.39. The summed E-state index contributed by atoms with van der Waals surface area (Å²) in [5, 5.41) is 5.60. The second kappa shape index (κ2) is 7.75. The van der Waals surface area contributed by atoms with E-state index < -0.39 is 0 Å². The summed E-state index contributed by atoms with van der Waals surface area (Å²) in [7, 11) is 0. The molecule has 8 heteroatoms. The molecule has 2 N–H and O–H groups in total. The van der Waals surface area contributed by atoms with Gasteiger partial charge in [-0.1, -0.05) is 0 Å². The molecule has 0 atom stereocenters. The first kappa shape index (κ1) is 18.1. The van der Waals surface area contributed by atoms with Gasteiger partial charge in [0.15, 0.2) is 0 Å². The first-order valence-electron chi connectivity index (χ1n) is 9.39. The molecule has 3 amide bonds. The predicted octanol–water partition coefficient (Wildman–Crippen LogP) is 1.85. The monoisotopic (exact) mass is 379 g/mol. The van der Waals surface area contributed by atoms with Crippen LogP contribution in [0.25, 0.3) is 0 Å². The third-order valence-electron chi connectivity index (χ3n) is 5.17. The summed E-state index contributed by atoms with van der Waals surface area (Å²) in [5.41, 5.74) is 2.09. The topological polar surface area (TPSA) is 104 Å². The number of aromatic nitrogens is 2. The van der Waals surface area contributed by atoms with E-state index in [1.54, 1.807) is 29.4 Å². The number of hydrogen-bond donors (Lipinski definition) is 2. The van der Waals surface area contributed by atoms with Gasteiger partial charge in [-0.15, -0.1) is 0 Å². The molecule has 28 heavy (non-hydrogen) atoms. The zero-order valence-electron chi connectivity index (χ0n) is 15.4. The van der Waals surface area contributed by atoms with E-state index in [0.717, 1.165) is 5.56 Å². The average molecular weight is 379 g/mol. The number of carbonyl (C=O) groups is 3. The Hall–Kier alpha value is -3.29. The van der Waals surface area contributed by atoms with Crippen molar-refractivity contribution in [2.75, 3.05) is 23.7 Å². The molecule has 1 fully saturated rings. The maximum atomic E-state index is 12.8. The second-order valence-electron chi connectivity index (χ2n) is 7.08. The standard InChI is InChI=1S/C20H21N5O3/c26-17-4-3-14-10-15(11-22-18(14)24-17)20(28)25-8-5-13(6-9-25)19(27)23-16-2-1-7-21-12-16/h1-2,7,10-13H,3-6,8-9H2,(H,23,27)(H,22,24,26). The minimum atomic E-state index is -0.124. The molecular formula is C20H21N5O3. The Kier molecular flexibility index (Phi) is 5.01. The van der Waals surface area contributed by atoms with Crippen LogP contribution in [0.1, 0.15) is 35.2 Å². The third-order valence-corrected chi connectivity index (χ3v) is 5.17. The zero-order valence-corrected chi connectivity index (χ0v) is 15.4. The minimum Gasteiger partial charge on any atom is -0.339 e. The van der Waals surface area contributed by atoms with Gasteiger partial charge in [-0.2, -0.15) is 0 Å². The highest BCUT2D eigenvalue weighted by Gasteiger charge is 2.28. The van der Waals surface area contributed by atoms with Crippen LogP contribution in [0.3, 0.4) is 0 Å². The summed E-state index contributed by atoms with van der Waals surface area (Å²) < 4.78 is 0. The summed E-state index contributed by atoms with van der Waals surface area (Å²) in [5.74, 6) is 0.245. The van der Waals surface area contributed by atoms with Gasteiger partial charge in [0.1, 0.15) is 5.82 Å². The molecule has 2 aliphatic rings. The van der Waals surface area contributed by atoms with Gasteiger partial charge in [-0.25, -0.2) is 4.98 Å². The number of nitrogens with zero attached hydrogens (tertiary/aromatic N) is 3. The van der Waals surface area contributed by atoms with E-state index in [2.05, 4.69) is 20.6 Å². The molecule has 2 aromatic rings. The minimum absolute atomic E-state index is 0.0358. The fraction of sp³-hybridized carbons (Fsp3) is 0.350. The highest BCUT2D eigenvalue weighted by atomic mass is 16.2. The van der Waals surface area contributed by atoms with Crippen molar-refractivity contribution in [3.8, 4) is 0 Å². The predicted molar refractivity (Wildman–Crippen MR) is 103 cm³/mol. The Labute approximate surface area is 162 Å². The smallest absolute Gasteiger partial charge is 0.255 e. The van der Waals surface area contributed by atoms with E-state index in [-0.39, 0.29) is 23.6 Å². The largest absolute Gasteiger partial charge is 0.339 e. The molecule has 144 valence electrons. The molecule has 2 aliphatic heterocycles. The number of aryl methyl sites for hydroxylation is 1. The average Bonchev–Trinajstić information content (AvgIpc) is 2.73. The van der Waals surface area contributed by atoms with Crippen LogP contribution in [0.2, 0.25) is 0 Å². The zero-order chi connectivity index (χ0) is 19.5. The van der Waals surface area contributed by atoms with E-state index in [1.165, 1.54) is 6.20 Å². The lowest BCUT2D eigenvalue weighted by Crippen LogP contribution is -2.41. The molecule has 8 nitrogen and oxygen atoms in total. The lowest BCUT2D eigenvalue weighted by Gasteiger charge is -2.31. The molecule has 0 spiro atoms. The number of fused-ring (bicyclic) bond motifs is 1. The highest BCUT2D eigenvalue weighted by Crippen LogP contribution is 2.24. The van der Waals surface area contributed by atoms with E-state index in [9.17, 15) is 14.4 Å². The van der Waals surface area contributed by atoms with Gasteiger partial charge in [-0.05, 0) is 43.0 Å². The van der Waals surface area contributed by atoms with Gasteiger partial charge in [0, 0.05) is 37.8 Å². The highest BCUT2D eigenvalue weighted by molar-refractivity contribution is 5.97. The van der Waals surface area contributed by atoms with Crippen molar-refractivity contribution in [3.05, 3.63) is 47.9 Å². The number of hydrogen-bond acceptors (Lipinski definition) is 5. The number of likely N-dealkylation sites (tertiary alicyclic amines) is 1. The SMILES string of the molecule is O=C1CCc2cc(C(=O)N3CCC(C(=O)Nc4cccnc4)CC3)cnc2N1. The van der Waals surface area contributed by atoms with Gasteiger partial charge >= 0.3 is 0 Å². The number of carbonyl (C=O) groups excluding carboxylic acids is 3. The molecule has 1 saturated heterocycles. The van der Waals surface area contributed by atoms with Gasteiger partial charge in [0.2, 0.25) is 11.8 Å². The Bertz CT molecular complexity index is 907. The molecule has 2 aromatic heterocycles. The van der Waals surface area contributed by atoms with Crippen molar-refractivity contribution >= 4 is 29.2 Å². The lowest BCUT2D eigenvalue weighted by atomic mass is 9.95. The van der Waals surface area contributed by atoms with Crippen molar-refractivity contribution in [1.82, 2.24) is 14.9 Å². The molecule has 0 saturated carbocycles.